The zero-order chi connectivity index (χ0) is 24.4. The summed E-state index contributed by atoms with van der Waals surface area (Å²) in [5, 5.41) is 0.583. The Morgan fingerprint density at radius 1 is 1.03 bits per heavy atom. The molecule has 0 spiro atoms. The molecule has 2 aliphatic heterocycles. The van der Waals surface area contributed by atoms with Gasteiger partial charge < -0.3 is 14.5 Å². The molecular weight excluding hydrogens is 507 g/mol. The number of aromatic nitrogens is 1. The number of rotatable bonds is 6. The van der Waals surface area contributed by atoms with Crippen molar-refractivity contribution in [2.45, 2.75) is 23.9 Å². The molecular formula is C25H26Cl2N4O3S. The van der Waals surface area contributed by atoms with Crippen molar-refractivity contribution in [1.82, 2.24) is 9.71 Å². The minimum Gasteiger partial charge on any atom is -0.378 e. The predicted octanol–water partition coefficient (Wildman–Crippen LogP) is 4.13. The molecule has 184 valence electrons. The summed E-state index contributed by atoms with van der Waals surface area (Å²) in [5.74, 6) is 0.646. The second kappa shape index (κ2) is 10.3. The number of hydrogen-bond acceptors (Lipinski definition) is 6. The Hall–Kier alpha value is -2.36. The summed E-state index contributed by atoms with van der Waals surface area (Å²) in [6.45, 7) is 3.76. The Bertz CT molecular complexity index is 1300. The molecule has 2 aromatic carbocycles. The van der Waals surface area contributed by atoms with Crippen molar-refractivity contribution in [2.24, 2.45) is 0 Å². The van der Waals surface area contributed by atoms with Crippen LogP contribution in [-0.2, 0) is 27.7 Å². The molecule has 0 saturated carbocycles. The highest BCUT2D eigenvalue weighted by Crippen LogP contribution is 2.32. The average molecular weight is 533 g/mol. The van der Waals surface area contributed by atoms with Gasteiger partial charge in [-0.15, -0.1) is 0 Å². The van der Waals surface area contributed by atoms with Crippen molar-refractivity contribution in [3.63, 3.8) is 0 Å². The summed E-state index contributed by atoms with van der Waals surface area (Å²) in [5.41, 5.74) is 3.20. The van der Waals surface area contributed by atoms with Gasteiger partial charge in [-0.25, -0.2) is 18.1 Å². The fourth-order valence-corrected chi connectivity index (χ4v) is 6.50. The minimum absolute atomic E-state index is 0.0253. The Morgan fingerprint density at radius 3 is 2.54 bits per heavy atom. The lowest BCUT2D eigenvalue weighted by Crippen LogP contribution is -2.48. The van der Waals surface area contributed by atoms with Gasteiger partial charge in [0.25, 0.3) is 0 Å². The van der Waals surface area contributed by atoms with Gasteiger partial charge in [0.05, 0.1) is 13.2 Å². The molecule has 0 amide bonds. The highest BCUT2D eigenvalue weighted by molar-refractivity contribution is 7.89. The summed E-state index contributed by atoms with van der Waals surface area (Å²) < 4.78 is 34.9. The predicted molar refractivity (Wildman–Crippen MR) is 139 cm³/mol. The number of ether oxygens (including phenoxy) is 1. The van der Waals surface area contributed by atoms with E-state index in [1.807, 2.05) is 41.3 Å². The van der Waals surface area contributed by atoms with Gasteiger partial charge in [-0.2, -0.15) is 0 Å². The Morgan fingerprint density at radius 2 is 1.80 bits per heavy atom. The van der Waals surface area contributed by atoms with Gasteiger partial charge in [0.15, 0.2) is 5.15 Å². The highest BCUT2D eigenvalue weighted by atomic mass is 35.5. The molecule has 0 bridgehead atoms. The van der Waals surface area contributed by atoms with Crippen molar-refractivity contribution < 1.29 is 13.2 Å². The van der Waals surface area contributed by atoms with E-state index < -0.39 is 10.0 Å². The number of halogens is 2. The lowest BCUT2D eigenvalue weighted by molar-refractivity contribution is 0.122. The number of nitrogens with one attached hydrogen (secondary N) is 1. The molecule has 3 aromatic rings. The van der Waals surface area contributed by atoms with Crippen LogP contribution in [0.15, 0.2) is 65.6 Å². The van der Waals surface area contributed by atoms with Crippen LogP contribution in [0, 0.1) is 0 Å². The lowest BCUT2D eigenvalue weighted by atomic mass is 9.98. The van der Waals surface area contributed by atoms with Gasteiger partial charge in [0, 0.05) is 42.9 Å². The standard InChI is InChI=1S/C25H26Cl2N4O3S/c26-20-6-7-22-19(14-20)15-21(17-31(22)16-18-4-2-1-3-5-18)29-35(32,33)23-8-9-24(28-25(23)27)30-10-12-34-13-11-30/h1-9,14,21,29H,10-13,15-17H2. The Balaban J connectivity index is 1.37. The maximum Gasteiger partial charge on any atom is 0.243 e. The van der Waals surface area contributed by atoms with E-state index in [0.717, 1.165) is 16.8 Å². The van der Waals surface area contributed by atoms with Crippen LogP contribution in [-0.4, -0.2) is 52.3 Å². The number of hydrogen-bond donors (Lipinski definition) is 1. The zero-order valence-corrected chi connectivity index (χ0v) is 21.4. The number of sulfonamides is 1. The molecule has 1 aromatic heterocycles. The number of fused-ring (bicyclic) bond motifs is 1. The lowest BCUT2D eigenvalue weighted by Gasteiger charge is -2.36. The third-order valence-electron chi connectivity index (χ3n) is 6.25. The summed E-state index contributed by atoms with van der Waals surface area (Å²) in [7, 11) is -3.89. The summed E-state index contributed by atoms with van der Waals surface area (Å²) in [6, 6.07) is 18.7. The van der Waals surface area contributed by atoms with E-state index in [4.69, 9.17) is 27.9 Å². The van der Waals surface area contributed by atoms with Crippen LogP contribution in [0.5, 0.6) is 0 Å². The number of anilines is 2. The van der Waals surface area contributed by atoms with Crippen molar-refractivity contribution in [3.8, 4) is 0 Å². The highest BCUT2D eigenvalue weighted by Gasteiger charge is 2.30. The van der Waals surface area contributed by atoms with Gasteiger partial charge in [0.2, 0.25) is 10.0 Å². The fraction of sp³-hybridized carbons (Fsp3) is 0.320. The Kier molecular flexibility index (Phi) is 7.18. The molecule has 35 heavy (non-hydrogen) atoms. The average Bonchev–Trinajstić information content (AvgIpc) is 2.84. The molecule has 0 radical (unpaired) electrons. The van der Waals surface area contributed by atoms with Crippen LogP contribution in [0.4, 0.5) is 11.5 Å². The molecule has 5 rings (SSSR count). The van der Waals surface area contributed by atoms with Crippen molar-refractivity contribution in [2.75, 3.05) is 42.6 Å². The second-order valence-electron chi connectivity index (χ2n) is 8.72. The zero-order valence-electron chi connectivity index (χ0n) is 19.0. The van der Waals surface area contributed by atoms with Crippen molar-refractivity contribution >= 4 is 44.7 Å². The quantitative estimate of drug-likeness (QED) is 0.481. The molecule has 3 heterocycles. The third kappa shape index (κ3) is 5.57. The summed E-state index contributed by atoms with van der Waals surface area (Å²) in [4.78, 5) is 8.55. The monoisotopic (exact) mass is 532 g/mol. The number of pyridine rings is 1. The summed E-state index contributed by atoms with van der Waals surface area (Å²) >= 11 is 12.6. The van der Waals surface area contributed by atoms with Gasteiger partial charge in [0.1, 0.15) is 10.7 Å². The van der Waals surface area contributed by atoms with Gasteiger partial charge in [-0.3, -0.25) is 0 Å². The largest absolute Gasteiger partial charge is 0.378 e. The first kappa shape index (κ1) is 24.3. The maximum atomic E-state index is 13.3. The van der Waals surface area contributed by atoms with E-state index in [0.29, 0.717) is 56.7 Å². The molecule has 0 aliphatic carbocycles. The number of benzene rings is 2. The third-order valence-corrected chi connectivity index (χ3v) is 8.44. The van der Waals surface area contributed by atoms with E-state index in [-0.39, 0.29) is 16.1 Å². The van der Waals surface area contributed by atoms with Crippen LogP contribution < -0.4 is 14.5 Å². The van der Waals surface area contributed by atoms with E-state index in [2.05, 4.69) is 26.7 Å². The smallest absolute Gasteiger partial charge is 0.243 e. The van der Waals surface area contributed by atoms with Crippen LogP contribution >= 0.6 is 23.2 Å². The van der Waals surface area contributed by atoms with Crippen LogP contribution in [0.3, 0.4) is 0 Å². The van der Waals surface area contributed by atoms with Gasteiger partial charge in [-0.05, 0) is 47.9 Å². The fourth-order valence-electron chi connectivity index (χ4n) is 4.62. The SMILES string of the molecule is O=S(=O)(NC1Cc2cc(Cl)ccc2N(Cc2ccccc2)C1)c1ccc(N2CCOCC2)nc1Cl. The molecule has 2 aliphatic rings. The number of morpholine rings is 1. The molecule has 1 N–H and O–H groups in total. The van der Waals surface area contributed by atoms with Gasteiger partial charge >= 0.3 is 0 Å². The maximum absolute atomic E-state index is 13.3. The molecule has 1 saturated heterocycles. The first-order chi connectivity index (χ1) is 16.9. The molecule has 1 atom stereocenters. The summed E-state index contributed by atoms with van der Waals surface area (Å²) in [6.07, 6.45) is 0.525. The minimum atomic E-state index is -3.89. The van der Waals surface area contributed by atoms with E-state index in [1.54, 1.807) is 6.07 Å². The van der Waals surface area contributed by atoms with Gasteiger partial charge in [-0.1, -0.05) is 53.5 Å². The molecule has 1 fully saturated rings. The number of nitrogens with zero attached hydrogens (tertiary/aromatic N) is 3. The second-order valence-corrected chi connectivity index (χ2v) is 11.2. The topological polar surface area (TPSA) is 74.8 Å². The van der Waals surface area contributed by atoms with Crippen molar-refractivity contribution in [1.29, 1.82) is 0 Å². The first-order valence-corrected chi connectivity index (χ1v) is 13.7. The van der Waals surface area contributed by atoms with Crippen LogP contribution in [0.25, 0.3) is 0 Å². The van der Waals surface area contributed by atoms with E-state index in [9.17, 15) is 8.42 Å². The Labute approximate surface area is 215 Å². The molecule has 10 heteroatoms. The normalized spacial score (nSPS) is 18.4. The van der Waals surface area contributed by atoms with E-state index >= 15 is 0 Å². The molecule has 7 nitrogen and oxygen atoms in total. The molecule has 1 unspecified atom stereocenters. The van der Waals surface area contributed by atoms with E-state index in [1.165, 1.54) is 6.07 Å². The van der Waals surface area contributed by atoms with Crippen LogP contribution in [0.2, 0.25) is 10.2 Å². The van der Waals surface area contributed by atoms with Crippen LogP contribution in [0.1, 0.15) is 11.1 Å². The first-order valence-electron chi connectivity index (χ1n) is 11.5. The van der Waals surface area contributed by atoms with Crippen molar-refractivity contribution in [3.05, 3.63) is 82.0 Å².